The summed E-state index contributed by atoms with van der Waals surface area (Å²) in [7, 11) is 1.66. The molecule has 0 aliphatic carbocycles. The first-order valence-corrected chi connectivity index (χ1v) is 7.08. The summed E-state index contributed by atoms with van der Waals surface area (Å²) in [4.78, 5) is 15.0. The van der Waals surface area contributed by atoms with Crippen LogP contribution >= 0.6 is 0 Å². The van der Waals surface area contributed by atoms with Crippen molar-refractivity contribution in [2.45, 2.75) is 44.4 Å². The molecule has 1 fully saturated rings. The molecular weight excluding hydrogens is 291 g/mol. The van der Waals surface area contributed by atoms with Gasteiger partial charge in [-0.05, 0) is 32.1 Å². The molecule has 1 heterocycles. The molecule has 0 spiro atoms. The summed E-state index contributed by atoms with van der Waals surface area (Å²) < 4.78 is 46.7. The number of methoxy groups -OCH3 is 1. The average molecular weight is 313 g/mol. The predicted molar refractivity (Wildman–Crippen MR) is 68.4 cm³/mol. The molecule has 0 bridgehead atoms. The molecular formula is C13H22F3NO4. The monoisotopic (exact) mass is 313 g/mol. The van der Waals surface area contributed by atoms with E-state index >= 15 is 0 Å². The zero-order valence-corrected chi connectivity index (χ0v) is 12.2. The van der Waals surface area contributed by atoms with Crippen molar-refractivity contribution in [3.63, 3.8) is 0 Å². The number of alkyl halides is 3. The number of unbranched alkanes of at least 4 members (excludes halogenated alkanes) is 2. The van der Waals surface area contributed by atoms with E-state index in [0.29, 0.717) is 19.4 Å². The van der Waals surface area contributed by atoms with Gasteiger partial charge in [-0.15, -0.1) is 5.06 Å². The maximum atomic E-state index is 12.0. The topological polar surface area (TPSA) is 48.0 Å². The average Bonchev–Trinajstić information content (AvgIpc) is 2.43. The molecule has 0 unspecified atom stereocenters. The number of piperidine rings is 1. The van der Waals surface area contributed by atoms with Gasteiger partial charge < -0.3 is 14.3 Å². The summed E-state index contributed by atoms with van der Waals surface area (Å²) in [6.07, 6.45) is -0.857. The molecule has 0 aromatic carbocycles. The molecule has 1 saturated heterocycles. The molecule has 1 aliphatic rings. The van der Waals surface area contributed by atoms with Crippen molar-refractivity contribution < 1.29 is 32.3 Å². The van der Waals surface area contributed by atoms with E-state index in [0.717, 1.165) is 30.9 Å². The molecule has 0 aromatic rings. The maximum absolute atomic E-state index is 12.0. The van der Waals surface area contributed by atoms with Crippen molar-refractivity contribution in [3.05, 3.63) is 0 Å². The van der Waals surface area contributed by atoms with Crippen LogP contribution in [0.2, 0.25) is 0 Å². The van der Waals surface area contributed by atoms with Crippen molar-refractivity contribution in [1.82, 2.24) is 5.06 Å². The molecule has 0 saturated carbocycles. The molecule has 0 aromatic heterocycles. The van der Waals surface area contributed by atoms with Crippen molar-refractivity contribution >= 4 is 5.97 Å². The molecule has 0 N–H and O–H groups in total. The molecule has 0 amide bonds. The standard InChI is InChI=1S/C13H22F3NO4/c1-19-9-3-2-4-10-20-11-5-7-17(8-6-11)21-12(18)13(14,15)16/h11H,2-10H2,1H3. The highest BCUT2D eigenvalue weighted by atomic mass is 19.4. The lowest BCUT2D eigenvalue weighted by molar-refractivity contribution is -0.244. The first-order chi connectivity index (χ1) is 9.93. The first-order valence-electron chi connectivity index (χ1n) is 7.08. The third-order valence-electron chi connectivity index (χ3n) is 3.19. The third-order valence-corrected chi connectivity index (χ3v) is 3.19. The van der Waals surface area contributed by atoms with E-state index in [4.69, 9.17) is 9.47 Å². The second kappa shape index (κ2) is 9.22. The van der Waals surface area contributed by atoms with Crippen LogP contribution in [0.1, 0.15) is 32.1 Å². The second-order valence-corrected chi connectivity index (χ2v) is 4.93. The summed E-state index contributed by atoms with van der Waals surface area (Å²) in [5.74, 6) is -2.17. The number of halogens is 3. The minimum atomic E-state index is -4.95. The van der Waals surface area contributed by atoms with Crippen molar-refractivity contribution in [2.75, 3.05) is 33.4 Å². The van der Waals surface area contributed by atoms with E-state index in [1.54, 1.807) is 7.11 Å². The Hall–Kier alpha value is -0.860. The van der Waals surface area contributed by atoms with Crippen LogP contribution in [0.3, 0.4) is 0 Å². The first kappa shape index (κ1) is 18.2. The van der Waals surface area contributed by atoms with E-state index in [1.807, 2.05) is 0 Å². The molecule has 21 heavy (non-hydrogen) atoms. The number of carbonyl (C=O) groups excluding carboxylic acids is 1. The Balaban J connectivity index is 2.08. The predicted octanol–water partition coefficient (Wildman–Crippen LogP) is 2.30. The second-order valence-electron chi connectivity index (χ2n) is 4.93. The minimum Gasteiger partial charge on any atom is -0.385 e. The van der Waals surface area contributed by atoms with Crippen molar-refractivity contribution in [1.29, 1.82) is 0 Å². The van der Waals surface area contributed by atoms with Gasteiger partial charge in [-0.25, -0.2) is 4.79 Å². The van der Waals surface area contributed by atoms with Gasteiger partial charge in [0.15, 0.2) is 0 Å². The van der Waals surface area contributed by atoms with Crippen LogP contribution in [0.25, 0.3) is 0 Å². The Labute approximate surface area is 122 Å². The van der Waals surface area contributed by atoms with E-state index in [9.17, 15) is 18.0 Å². The summed E-state index contributed by atoms with van der Waals surface area (Å²) in [5.41, 5.74) is 0. The minimum absolute atomic E-state index is 0.0215. The van der Waals surface area contributed by atoms with Gasteiger partial charge in [0.2, 0.25) is 0 Å². The molecule has 0 radical (unpaired) electrons. The van der Waals surface area contributed by atoms with Gasteiger partial charge in [-0.1, -0.05) is 0 Å². The number of hydroxylamine groups is 2. The lowest BCUT2D eigenvalue weighted by atomic mass is 10.1. The highest BCUT2D eigenvalue weighted by Gasteiger charge is 2.42. The highest BCUT2D eigenvalue weighted by molar-refractivity contribution is 5.75. The number of ether oxygens (including phenoxy) is 2. The highest BCUT2D eigenvalue weighted by Crippen LogP contribution is 2.20. The zero-order valence-electron chi connectivity index (χ0n) is 12.2. The van der Waals surface area contributed by atoms with Gasteiger partial charge in [-0.2, -0.15) is 13.2 Å². The SMILES string of the molecule is COCCCCCOC1CCN(OC(=O)C(F)(F)F)CC1. The fourth-order valence-electron chi connectivity index (χ4n) is 2.03. The van der Waals surface area contributed by atoms with Crippen LogP contribution in [0.4, 0.5) is 13.2 Å². The van der Waals surface area contributed by atoms with Crippen LogP contribution in [-0.2, 0) is 19.1 Å². The fourth-order valence-corrected chi connectivity index (χ4v) is 2.03. The maximum Gasteiger partial charge on any atom is 0.492 e. The van der Waals surface area contributed by atoms with Crippen LogP contribution in [0.15, 0.2) is 0 Å². The van der Waals surface area contributed by atoms with Gasteiger partial charge in [0, 0.05) is 33.4 Å². The Kier molecular flexibility index (Phi) is 7.98. The lowest BCUT2D eigenvalue weighted by Crippen LogP contribution is -2.41. The fraction of sp³-hybridized carbons (Fsp3) is 0.923. The Morgan fingerprint density at radius 3 is 2.33 bits per heavy atom. The van der Waals surface area contributed by atoms with Crippen LogP contribution in [0.5, 0.6) is 0 Å². The smallest absolute Gasteiger partial charge is 0.385 e. The van der Waals surface area contributed by atoms with Crippen molar-refractivity contribution in [2.24, 2.45) is 0 Å². The van der Waals surface area contributed by atoms with E-state index in [1.165, 1.54) is 0 Å². The molecule has 124 valence electrons. The molecule has 5 nitrogen and oxygen atoms in total. The summed E-state index contributed by atoms with van der Waals surface area (Å²) in [6.45, 7) is 1.89. The van der Waals surface area contributed by atoms with Crippen molar-refractivity contribution in [3.8, 4) is 0 Å². The van der Waals surface area contributed by atoms with Gasteiger partial charge in [0.1, 0.15) is 0 Å². The third kappa shape index (κ3) is 7.63. The van der Waals surface area contributed by atoms with Gasteiger partial charge >= 0.3 is 12.1 Å². The van der Waals surface area contributed by atoms with Gasteiger partial charge in [-0.3, -0.25) is 0 Å². The summed E-state index contributed by atoms with van der Waals surface area (Å²) >= 11 is 0. The van der Waals surface area contributed by atoms with Crippen LogP contribution in [0, 0.1) is 0 Å². The van der Waals surface area contributed by atoms with Crippen LogP contribution in [-0.4, -0.2) is 56.7 Å². The van der Waals surface area contributed by atoms with E-state index in [-0.39, 0.29) is 19.2 Å². The van der Waals surface area contributed by atoms with Crippen LogP contribution < -0.4 is 0 Å². The van der Waals surface area contributed by atoms with E-state index < -0.39 is 12.1 Å². The molecule has 1 aliphatic heterocycles. The van der Waals surface area contributed by atoms with E-state index in [2.05, 4.69) is 4.84 Å². The Morgan fingerprint density at radius 2 is 1.76 bits per heavy atom. The van der Waals surface area contributed by atoms with Gasteiger partial charge in [0.25, 0.3) is 0 Å². The Bertz CT molecular complexity index is 304. The number of rotatable bonds is 8. The number of nitrogens with zero attached hydrogens (tertiary/aromatic N) is 1. The molecule has 0 atom stereocenters. The number of hydrogen-bond donors (Lipinski definition) is 0. The lowest BCUT2D eigenvalue weighted by Gasteiger charge is -2.30. The Morgan fingerprint density at radius 1 is 1.14 bits per heavy atom. The summed E-state index contributed by atoms with van der Waals surface area (Å²) in [6, 6.07) is 0. The van der Waals surface area contributed by atoms with Gasteiger partial charge in [0.05, 0.1) is 6.10 Å². The zero-order chi connectivity index (χ0) is 15.7. The number of carbonyl (C=O) groups is 1. The largest absolute Gasteiger partial charge is 0.492 e. The quantitative estimate of drug-likeness (QED) is 0.644. The number of hydrogen-bond acceptors (Lipinski definition) is 5. The normalized spacial score (nSPS) is 17.9. The molecule has 1 rings (SSSR count). The molecule has 8 heteroatoms. The summed E-state index contributed by atoms with van der Waals surface area (Å²) in [5, 5.41) is 1.05.